The third kappa shape index (κ3) is 7.14. The lowest BCUT2D eigenvalue weighted by atomic mass is 9.98. The molecule has 0 unspecified atom stereocenters. The molecule has 2 N–H and O–H groups in total. The van der Waals surface area contributed by atoms with Crippen molar-refractivity contribution >= 4 is 69.6 Å². The fraction of sp³-hybridized carbons (Fsp3) is 0.429. The van der Waals surface area contributed by atoms with E-state index in [9.17, 15) is 13.8 Å². The van der Waals surface area contributed by atoms with Gasteiger partial charge in [0.05, 0.1) is 35.9 Å². The topological polar surface area (TPSA) is 113 Å². The van der Waals surface area contributed by atoms with Gasteiger partial charge in [0.15, 0.2) is 5.82 Å². The van der Waals surface area contributed by atoms with Crippen LogP contribution >= 0.6 is 18.7 Å². The lowest BCUT2D eigenvalue weighted by Gasteiger charge is -2.41. The number of likely N-dealkylation sites (tertiary alicyclic amines) is 1. The van der Waals surface area contributed by atoms with Gasteiger partial charge >= 0.3 is 0 Å². The van der Waals surface area contributed by atoms with Crippen molar-refractivity contribution in [2.75, 3.05) is 62.2 Å². The molecule has 0 amide bonds. The van der Waals surface area contributed by atoms with Gasteiger partial charge in [-0.1, -0.05) is 18.5 Å². The summed E-state index contributed by atoms with van der Waals surface area (Å²) in [6, 6.07) is 9.58. The van der Waals surface area contributed by atoms with E-state index < -0.39 is 13.0 Å². The highest BCUT2D eigenvalue weighted by Gasteiger charge is 2.29. The molecule has 2 aliphatic rings. The lowest BCUT2D eigenvalue weighted by molar-refractivity contribution is -0.122. The van der Waals surface area contributed by atoms with Crippen LogP contribution in [-0.4, -0.2) is 78.3 Å². The Balaban J connectivity index is 1.24. The van der Waals surface area contributed by atoms with Gasteiger partial charge in [-0.15, -0.1) is 0 Å². The second kappa shape index (κ2) is 14.0. The molecule has 0 bridgehead atoms. The zero-order valence-electron chi connectivity index (χ0n) is 28.1. The molecule has 48 heavy (non-hydrogen) atoms. The van der Waals surface area contributed by atoms with Crippen LogP contribution in [0.1, 0.15) is 43.9 Å². The van der Waals surface area contributed by atoms with Gasteiger partial charge in [-0.2, -0.15) is 4.98 Å². The van der Waals surface area contributed by atoms with Gasteiger partial charge in [-0.25, -0.2) is 9.37 Å². The summed E-state index contributed by atoms with van der Waals surface area (Å²) in [7, 11) is -1.27. The monoisotopic (exact) mass is 693 g/mol. The number of fused-ring (bicyclic) bond motifs is 1. The zero-order chi connectivity index (χ0) is 34.2. The molecule has 0 radical (unpaired) electrons. The highest BCUT2D eigenvalue weighted by atomic mass is 35.5. The number of methoxy groups -OCH3 is 1. The summed E-state index contributed by atoms with van der Waals surface area (Å²) in [5.74, 6) is 1.16. The van der Waals surface area contributed by atoms with Gasteiger partial charge in [0.1, 0.15) is 29.5 Å². The Morgan fingerprint density at radius 2 is 1.77 bits per heavy atom. The maximum absolute atomic E-state index is 14.6. The van der Waals surface area contributed by atoms with Crippen molar-refractivity contribution in [1.29, 1.82) is 0 Å². The maximum atomic E-state index is 14.6. The van der Waals surface area contributed by atoms with Crippen molar-refractivity contribution in [3.63, 3.8) is 0 Å². The van der Waals surface area contributed by atoms with Gasteiger partial charge in [0.25, 0.3) is 0 Å². The van der Waals surface area contributed by atoms with Crippen LogP contribution in [0.3, 0.4) is 0 Å². The number of nitrogens with zero attached hydrogens (tertiary/aromatic N) is 5. The first kappa shape index (κ1) is 34.1. The number of halogens is 2. The van der Waals surface area contributed by atoms with E-state index in [-0.39, 0.29) is 16.7 Å². The number of rotatable bonds is 9. The summed E-state index contributed by atoms with van der Waals surface area (Å²) in [4.78, 5) is 30.1. The Morgan fingerprint density at radius 1 is 1.04 bits per heavy atom. The number of piperidine rings is 2. The predicted molar refractivity (Wildman–Crippen MR) is 193 cm³/mol. The fourth-order valence-corrected chi connectivity index (χ4v) is 8.42. The number of hydrogen-bond acceptors (Lipinski definition) is 10. The van der Waals surface area contributed by atoms with Gasteiger partial charge in [-0.05, 0) is 69.3 Å². The van der Waals surface area contributed by atoms with Crippen molar-refractivity contribution in [3.8, 4) is 5.75 Å². The number of carbonyl (C=O) groups excluding carboxylic acids is 1. The SMILES string of the molecule is CCc1cc(Nc2ncc(Cl)c(Nc3ccc4nc(C)c(F)cc4c3P(C)(C)=O)n2)c(OC)cc1N1CCC(N2CCC(=O)CC2)CC1. The van der Waals surface area contributed by atoms with Gasteiger partial charge in [0, 0.05) is 67.5 Å². The van der Waals surface area contributed by atoms with Gasteiger partial charge in [-0.3, -0.25) is 14.7 Å². The van der Waals surface area contributed by atoms with Crippen LogP contribution < -0.4 is 25.6 Å². The predicted octanol–water partition coefficient (Wildman–Crippen LogP) is 7.07. The van der Waals surface area contributed by atoms with E-state index in [4.69, 9.17) is 16.3 Å². The average molecular weight is 694 g/mol. The van der Waals surface area contributed by atoms with Crippen LogP contribution in [0.15, 0.2) is 36.5 Å². The van der Waals surface area contributed by atoms with Crippen molar-refractivity contribution in [2.24, 2.45) is 0 Å². The summed E-state index contributed by atoms with van der Waals surface area (Å²) in [5, 5.41) is 7.75. The van der Waals surface area contributed by atoms with Crippen molar-refractivity contribution in [3.05, 3.63) is 58.6 Å². The molecular weight excluding hydrogens is 652 g/mol. The lowest BCUT2D eigenvalue weighted by Crippen LogP contribution is -2.48. The Kier molecular flexibility index (Phi) is 9.93. The quantitative estimate of drug-likeness (QED) is 0.177. The van der Waals surface area contributed by atoms with Crippen LogP contribution in [-0.2, 0) is 15.8 Å². The van der Waals surface area contributed by atoms with Crippen molar-refractivity contribution < 1.29 is 18.5 Å². The number of ketones is 1. The van der Waals surface area contributed by atoms with Crippen LogP contribution in [0, 0.1) is 12.7 Å². The molecule has 4 heterocycles. The molecule has 0 atom stereocenters. The number of aryl methyl sites for hydroxylation is 2. The highest BCUT2D eigenvalue weighted by Crippen LogP contribution is 2.42. The van der Waals surface area contributed by atoms with E-state index in [0.29, 0.717) is 63.8 Å². The second-order valence-electron chi connectivity index (χ2n) is 12.9. The first-order chi connectivity index (χ1) is 22.9. The molecule has 254 valence electrons. The Bertz CT molecular complexity index is 1900. The number of aromatic nitrogens is 3. The van der Waals surface area contributed by atoms with Gasteiger partial charge < -0.3 is 24.8 Å². The fourth-order valence-electron chi connectivity index (χ4n) is 6.81. The van der Waals surface area contributed by atoms with Crippen molar-refractivity contribution in [2.45, 2.75) is 52.0 Å². The summed E-state index contributed by atoms with van der Waals surface area (Å²) < 4.78 is 33.9. The molecule has 2 aromatic heterocycles. The molecule has 4 aromatic rings. The molecule has 10 nitrogen and oxygen atoms in total. The molecule has 2 fully saturated rings. The van der Waals surface area contributed by atoms with E-state index in [1.54, 1.807) is 39.5 Å². The molecule has 0 saturated carbocycles. The number of nitrogens with one attached hydrogen (secondary N) is 2. The molecule has 2 aromatic carbocycles. The smallest absolute Gasteiger partial charge is 0.229 e. The Hall–Kier alpha value is -3.79. The van der Waals surface area contributed by atoms with E-state index in [0.717, 1.165) is 51.1 Å². The summed E-state index contributed by atoms with van der Waals surface area (Å²) in [6.07, 6.45) is 5.77. The molecule has 0 aliphatic carbocycles. The van der Waals surface area contributed by atoms with E-state index in [2.05, 4.69) is 54.4 Å². The Morgan fingerprint density at radius 3 is 2.44 bits per heavy atom. The second-order valence-corrected chi connectivity index (χ2v) is 16.5. The molecule has 0 spiro atoms. The van der Waals surface area contributed by atoms with Crippen LogP contribution in [0.4, 0.5) is 33.2 Å². The van der Waals surface area contributed by atoms with E-state index >= 15 is 0 Å². The van der Waals surface area contributed by atoms with Crippen LogP contribution in [0.5, 0.6) is 5.75 Å². The minimum Gasteiger partial charge on any atom is -0.494 e. The average Bonchev–Trinajstić information content (AvgIpc) is 3.06. The minimum atomic E-state index is -2.91. The van der Waals surface area contributed by atoms with E-state index in [1.165, 1.54) is 17.8 Å². The number of Topliss-reactive ketones (excluding diaryl/α,β-unsaturated/α-hetero) is 1. The van der Waals surface area contributed by atoms with Crippen LogP contribution in [0.2, 0.25) is 5.02 Å². The normalized spacial score (nSPS) is 16.4. The van der Waals surface area contributed by atoms with Gasteiger partial charge in [0.2, 0.25) is 5.95 Å². The summed E-state index contributed by atoms with van der Waals surface area (Å²) in [6.45, 7) is 10.6. The number of pyridine rings is 1. The van der Waals surface area contributed by atoms with Crippen LogP contribution in [0.25, 0.3) is 10.9 Å². The zero-order valence-corrected chi connectivity index (χ0v) is 29.7. The number of ether oxygens (including phenoxy) is 1. The number of benzene rings is 2. The maximum Gasteiger partial charge on any atom is 0.229 e. The highest BCUT2D eigenvalue weighted by molar-refractivity contribution is 7.71. The first-order valence-corrected chi connectivity index (χ1v) is 19.4. The third-order valence-electron chi connectivity index (χ3n) is 9.34. The summed E-state index contributed by atoms with van der Waals surface area (Å²) >= 11 is 6.55. The number of hydrogen-bond donors (Lipinski definition) is 2. The Labute approximate surface area is 285 Å². The molecular formula is C35H42ClFN7O3P. The molecule has 13 heteroatoms. The number of anilines is 5. The largest absolute Gasteiger partial charge is 0.494 e. The standard InChI is InChI=1S/C35H42ClFN7O3P/c1-6-22-17-30(32(47-3)19-31(22)44-13-9-23(10-14-44)43-15-11-24(45)12-16-43)41-35-38-20-26(36)34(42-35)40-29-8-7-28-25(33(29)48(4,5)46)18-27(37)21(2)39-28/h7-8,17-20,23H,6,9-16H2,1-5H3,(H2,38,40,41,42). The molecule has 6 rings (SSSR count). The van der Waals surface area contributed by atoms with Crippen molar-refractivity contribution in [1.82, 2.24) is 19.9 Å². The molecule has 2 aliphatic heterocycles. The minimum absolute atomic E-state index is 0.262. The third-order valence-corrected chi connectivity index (χ3v) is 11.2. The van der Waals surface area contributed by atoms with E-state index in [1.807, 2.05) is 0 Å². The molecule has 2 saturated heterocycles. The summed E-state index contributed by atoms with van der Waals surface area (Å²) in [5.41, 5.74) is 4.37. The number of carbonyl (C=O) groups is 1. The first-order valence-electron chi connectivity index (χ1n) is 16.4.